The van der Waals surface area contributed by atoms with Crippen LogP contribution in [-0.2, 0) is 11.2 Å². The van der Waals surface area contributed by atoms with E-state index in [-0.39, 0.29) is 30.1 Å². The summed E-state index contributed by atoms with van der Waals surface area (Å²) in [5.74, 6) is -3.00. The van der Waals surface area contributed by atoms with Crippen LogP contribution in [0.2, 0.25) is 0 Å². The number of carbonyl (C=O) groups excluding carboxylic acids is 2. The van der Waals surface area contributed by atoms with Crippen molar-refractivity contribution in [1.29, 1.82) is 0 Å². The first kappa shape index (κ1) is 15.4. The molecule has 7 heteroatoms. The third-order valence-corrected chi connectivity index (χ3v) is 2.90. The minimum absolute atomic E-state index is 0.0255. The number of benzene rings is 1. The van der Waals surface area contributed by atoms with E-state index in [1.165, 1.54) is 18.2 Å². The smallest absolute Gasteiger partial charge is 0.374 e. The topological polar surface area (TPSA) is 117 Å². The number of ether oxygens (including phenoxy) is 1. The Hall–Kier alpha value is -2.96. The Balaban J connectivity index is 2.16. The van der Waals surface area contributed by atoms with Crippen LogP contribution in [0.25, 0.3) is 0 Å². The molecule has 7 nitrogen and oxygen atoms in total. The van der Waals surface area contributed by atoms with Gasteiger partial charge in [-0.1, -0.05) is 0 Å². The summed E-state index contributed by atoms with van der Waals surface area (Å²) in [6.07, 6.45) is -0.225. The second kappa shape index (κ2) is 6.21. The molecule has 0 aliphatic heterocycles. The van der Waals surface area contributed by atoms with Crippen molar-refractivity contribution in [1.82, 2.24) is 0 Å². The Morgan fingerprint density at radius 2 is 1.82 bits per heavy atom. The summed E-state index contributed by atoms with van der Waals surface area (Å²) in [4.78, 5) is 23.5. The molecule has 3 N–H and O–H groups in total. The van der Waals surface area contributed by atoms with Crippen LogP contribution >= 0.6 is 0 Å². The summed E-state index contributed by atoms with van der Waals surface area (Å²) in [6, 6.07) is 5.10. The Kier molecular flexibility index (Phi) is 4.36. The molecule has 0 saturated carbocycles. The van der Waals surface area contributed by atoms with E-state index in [4.69, 9.17) is 9.15 Å². The number of furan rings is 1. The number of esters is 1. The van der Waals surface area contributed by atoms with Gasteiger partial charge in [-0.15, -0.1) is 0 Å². The zero-order valence-corrected chi connectivity index (χ0v) is 11.7. The third kappa shape index (κ3) is 3.03. The summed E-state index contributed by atoms with van der Waals surface area (Å²) in [7, 11) is 0. The highest BCUT2D eigenvalue weighted by atomic mass is 16.5. The molecule has 0 aliphatic carbocycles. The van der Waals surface area contributed by atoms with Crippen LogP contribution in [0, 0.1) is 0 Å². The number of phenols is 3. The van der Waals surface area contributed by atoms with E-state index in [2.05, 4.69) is 0 Å². The second-order valence-corrected chi connectivity index (χ2v) is 4.42. The molecule has 0 fully saturated rings. The average Bonchev–Trinajstić information content (AvgIpc) is 2.93. The molecular formula is C15H14O7. The largest absolute Gasteiger partial charge is 0.504 e. The Labute approximate surface area is 125 Å². The number of ketones is 1. The standard InChI is InChI=1S/C15H14O7/c1-2-21-15(20)12-6-3-8(22-12)7-11(17)9-4-5-10(16)14(19)13(9)18/h3-6,16,18-19H,2,7H2,1H3. The summed E-state index contributed by atoms with van der Waals surface area (Å²) < 4.78 is 9.96. The third-order valence-electron chi connectivity index (χ3n) is 2.90. The zero-order valence-electron chi connectivity index (χ0n) is 11.7. The SMILES string of the molecule is CCOC(=O)c1ccc(CC(=O)c2ccc(O)c(O)c2O)o1. The Morgan fingerprint density at radius 1 is 1.09 bits per heavy atom. The first-order valence-electron chi connectivity index (χ1n) is 6.47. The maximum Gasteiger partial charge on any atom is 0.374 e. The lowest BCUT2D eigenvalue weighted by Gasteiger charge is -2.06. The van der Waals surface area contributed by atoms with Crippen molar-refractivity contribution in [2.75, 3.05) is 6.61 Å². The molecule has 1 heterocycles. The predicted octanol–water partition coefficient (Wildman–Crippen LogP) is 2.00. The molecule has 0 saturated heterocycles. The van der Waals surface area contributed by atoms with Gasteiger partial charge in [0.05, 0.1) is 18.6 Å². The minimum Gasteiger partial charge on any atom is -0.504 e. The van der Waals surface area contributed by atoms with E-state index >= 15 is 0 Å². The molecule has 0 radical (unpaired) electrons. The van der Waals surface area contributed by atoms with Crippen LogP contribution in [0.4, 0.5) is 0 Å². The van der Waals surface area contributed by atoms with Gasteiger partial charge >= 0.3 is 5.97 Å². The van der Waals surface area contributed by atoms with E-state index in [1.54, 1.807) is 6.92 Å². The predicted molar refractivity (Wildman–Crippen MR) is 74.1 cm³/mol. The van der Waals surface area contributed by atoms with Gasteiger partial charge in [-0.25, -0.2) is 4.79 Å². The molecule has 0 unspecified atom stereocenters. The molecule has 22 heavy (non-hydrogen) atoms. The number of rotatable bonds is 5. The number of phenolic OH excluding ortho intramolecular Hbond substituents is 3. The molecule has 1 aromatic carbocycles. The van der Waals surface area contributed by atoms with Crippen LogP contribution in [0.15, 0.2) is 28.7 Å². The van der Waals surface area contributed by atoms with Crippen molar-refractivity contribution in [2.45, 2.75) is 13.3 Å². The molecule has 116 valence electrons. The molecule has 0 bridgehead atoms. The highest BCUT2D eigenvalue weighted by Gasteiger charge is 2.19. The van der Waals surface area contributed by atoms with Crippen LogP contribution < -0.4 is 0 Å². The van der Waals surface area contributed by atoms with Crippen LogP contribution in [0.3, 0.4) is 0 Å². The van der Waals surface area contributed by atoms with Crippen molar-refractivity contribution in [2.24, 2.45) is 0 Å². The van der Waals surface area contributed by atoms with Crippen molar-refractivity contribution < 1.29 is 34.1 Å². The molecule has 2 rings (SSSR count). The van der Waals surface area contributed by atoms with Gasteiger partial charge in [0.2, 0.25) is 11.5 Å². The average molecular weight is 306 g/mol. The van der Waals surface area contributed by atoms with Crippen molar-refractivity contribution in [3.63, 3.8) is 0 Å². The first-order valence-corrected chi connectivity index (χ1v) is 6.47. The van der Waals surface area contributed by atoms with E-state index < -0.39 is 29.0 Å². The lowest BCUT2D eigenvalue weighted by molar-refractivity contribution is 0.0487. The second-order valence-electron chi connectivity index (χ2n) is 4.42. The first-order chi connectivity index (χ1) is 10.4. The molecule has 0 spiro atoms. The van der Waals surface area contributed by atoms with Crippen molar-refractivity contribution in [3.05, 3.63) is 41.3 Å². The van der Waals surface area contributed by atoms with E-state index in [0.29, 0.717) is 0 Å². The lowest BCUT2D eigenvalue weighted by atomic mass is 10.1. The molecule has 2 aromatic rings. The van der Waals surface area contributed by atoms with E-state index in [1.807, 2.05) is 0 Å². The summed E-state index contributed by atoms with van der Waals surface area (Å²) in [6.45, 7) is 1.86. The van der Waals surface area contributed by atoms with Gasteiger partial charge in [0.1, 0.15) is 5.76 Å². The van der Waals surface area contributed by atoms with Gasteiger partial charge in [-0.3, -0.25) is 4.79 Å². The summed E-state index contributed by atoms with van der Waals surface area (Å²) in [5, 5.41) is 28.3. The number of hydrogen-bond acceptors (Lipinski definition) is 7. The molecule has 1 aromatic heterocycles. The highest BCUT2D eigenvalue weighted by molar-refractivity contribution is 6.00. The minimum atomic E-state index is -0.766. The van der Waals surface area contributed by atoms with E-state index in [9.17, 15) is 24.9 Å². The quantitative estimate of drug-likeness (QED) is 0.439. The lowest BCUT2D eigenvalue weighted by Crippen LogP contribution is -2.04. The molecule has 0 amide bonds. The van der Waals surface area contributed by atoms with Crippen molar-refractivity contribution >= 4 is 11.8 Å². The Bertz CT molecular complexity index is 715. The fourth-order valence-electron chi connectivity index (χ4n) is 1.83. The van der Waals surface area contributed by atoms with Gasteiger partial charge in [0, 0.05) is 0 Å². The van der Waals surface area contributed by atoms with Gasteiger partial charge < -0.3 is 24.5 Å². The van der Waals surface area contributed by atoms with Crippen LogP contribution in [-0.4, -0.2) is 33.7 Å². The fourth-order valence-corrected chi connectivity index (χ4v) is 1.83. The van der Waals surface area contributed by atoms with Gasteiger partial charge in [-0.05, 0) is 31.2 Å². The molecule has 0 atom stereocenters. The summed E-state index contributed by atoms with van der Waals surface area (Å²) in [5.41, 5.74) is -0.163. The number of Topliss-reactive ketones (excluding diaryl/α,β-unsaturated/α-hetero) is 1. The summed E-state index contributed by atoms with van der Waals surface area (Å²) >= 11 is 0. The van der Waals surface area contributed by atoms with Crippen molar-refractivity contribution in [3.8, 4) is 17.2 Å². The number of hydrogen-bond donors (Lipinski definition) is 3. The van der Waals surface area contributed by atoms with Gasteiger partial charge in [0.15, 0.2) is 17.3 Å². The maximum absolute atomic E-state index is 12.1. The normalized spacial score (nSPS) is 10.4. The maximum atomic E-state index is 12.1. The van der Waals surface area contributed by atoms with E-state index in [0.717, 1.165) is 6.07 Å². The number of aromatic hydroxyl groups is 3. The van der Waals surface area contributed by atoms with Gasteiger partial charge in [-0.2, -0.15) is 0 Å². The van der Waals surface area contributed by atoms with Crippen LogP contribution in [0.5, 0.6) is 17.2 Å². The van der Waals surface area contributed by atoms with Gasteiger partial charge in [0.25, 0.3) is 0 Å². The van der Waals surface area contributed by atoms with Crippen LogP contribution in [0.1, 0.15) is 33.6 Å². The monoisotopic (exact) mass is 306 g/mol. The Morgan fingerprint density at radius 3 is 2.50 bits per heavy atom. The number of carbonyl (C=O) groups is 2. The zero-order chi connectivity index (χ0) is 16.3. The fraction of sp³-hybridized carbons (Fsp3) is 0.200. The highest BCUT2D eigenvalue weighted by Crippen LogP contribution is 2.37. The molecule has 0 aliphatic rings. The molecular weight excluding hydrogens is 292 g/mol.